The zero-order chi connectivity index (χ0) is 13.7. The monoisotopic (exact) mass is 265 g/mol. The molecule has 0 N–H and O–H groups in total. The minimum Gasteiger partial charge on any atom is -0.339 e. The van der Waals surface area contributed by atoms with Crippen molar-refractivity contribution in [3.8, 4) is 0 Å². The van der Waals surface area contributed by atoms with Gasteiger partial charge in [0.15, 0.2) is 0 Å². The van der Waals surface area contributed by atoms with Crippen molar-refractivity contribution in [2.75, 3.05) is 6.54 Å². The summed E-state index contributed by atoms with van der Waals surface area (Å²) in [5.41, 5.74) is 0. The molecule has 2 heteroatoms. The minimum atomic E-state index is 0.162. The molecule has 2 rings (SSSR count). The Kier molecular flexibility index (Phi) is 5.72. The summed E-state index contributed by atoms with van der Waals surface area (Å²) in [6.45, 7) is 5.08. The molecule has 1 atom stereocenters. The highest BCUT2D eigenvalue weighted by atomic mass is 16.2. The van der Waals surface area contributed by atoms with Gasteiger partial charge in [0.2, 0.25) is 5.91 Å². The number of hydrogen-bond donors (Lipinski definition) is 0. The Bertz CT molecular complexity index is 281. The molecule has 0 spiro atoms. The molecule has 1 unspecified atom stereocenters. The molecule has 1 aliphatic carbocycles. The van der Waals surface area contributed by atoms with Crippen LogP contribution in [0.3, 0.4) is 0 Å². The molecule has 1 aliphatic heterocycles. The van der Waals surface area contributed by atoms with E-state index in [0.29, 0.717) is 11.9 Å². The SMILES string of the molecule is CC(C)C(=O)N1CCCCC1CCC1CCCCC1. The third-order valence-electron chi connectivity index (χ3n) is 5.04. The number of hydrogen-bond acceptors (Lipinski definition) is 1. The Hall–Kier alpha value is -0.530. The van der Waals surface area contributed by atoms with E-state index in [4.69, 9.17) is 0 Å². The van der Waals surface area contributed by atoms with Crippen LogP contribution in [0.25, 0.3) is 0 Å². The van der Waals surface area contributed by atoms with Crippen molar-refractivity contribution in [3.63, 3.8) is 0 Å². The van der Waals surface area contributed by atoms with Gasteiger partial charge in [0.25, 0.3) is 0 Å². The lowest BCUT2D eigenvalue weighted by molar-refractivity contribution is -0.138. The molecular formula is C17H31NO. The number of likely N-dealkylation sites (tertiary alicyclic amines) is 1. The van der Waals surface area contributed by atoms with Gasteiger partial charge in [-0.15, -0.1) is 0 Å². The third-order valence-corrected chi connectivity index (χ3v) is 5.04. The summed E-state index contributed by atoms with van der Waals surface area (Å²) in [5, 5.41) is 0. The average Bonchev–Trinajstić information content (AvgIpc) is 2.45. The third kappa shape index (κ3) is 4.22. The van der Waals surface area contributed by atoms with Crippen LogP contribution >= 0.6 is 0 Å². The van der Waals surface area contributed by atoms with Gasteiger partial charge >= 0.3 is 0 Å². The highest BCUT2D eigenvalue weighted by Crippen LogP contribution is 2.30. The number of nitrogens with zero attached hydrogens (tertiary/aromatic N) is 1. The number of carbonyl (C=O) groups is 1. The quantitative estimate of drug-likeness (QED) is 0.738. The number of piperidine rings is 1. The lowest BCUT2D eigenvalue weighted by Gasteiger charge is -2.38. The van der Waals surface area contributed by atoms with Crippen LogP contribution < -0.4 is 0 Å². The number of amides is 1. The maximum atomic E-state index is 12.3. The van der Waals surface area contributed by atoms with Crippen molar-refractivity contribution in [1.82, 2.24) is 4.90 Å². The molecule has 19 heavy (non-hydrogen) atoms. The summed E-state index contributed by atoms with van der Waals surface area (Å²) >= 11 is 0. The molecule has 0 aromatic rings. The molecule has 0 bridgehead atoms. The lowest BCUT2D eigenvalue weighted by Crippen LogP contribution is -2.45. The molecule has 2 nitrogen and oxygen atoms in total. The fourth-order valence-electron chi connectivity index (χ4n) is 3.83. The van der Waals surface area contributed by atoms with E-state index < -0.39 is 0 Å². The van der Waals surface area contributed by atoms with Gasteiger partial charge in [0, 0.05) is 18.5 Å². The smallest absolute Gasteiger partial charge is 0.225 e. The van der Waals surface area contributed by atoms with Gasteiger partial charge in [0.05, 0.1) is 0 Å². The number of rotatable bonds is 4. The van der Waals surface area contributed by atoms with Crippen molar-refractivity contribution in [2.45, 2.75) is 84.1 Å². The zero-order valence-electron chi connectivity index (χ0n) is 12.9. The zero-order valence-corrected chi connectivity index (χ0v) is 12.9. The normalized spacial score (nSPS) is 25.8. The Morgan fingerprint density at radius 2 is 1.68 bits per heavy atom. The largest absolute Gasteiger partial charge is 0.339 e. The minimum absolute atomic E-state index is 0.162. The molecule has 110 valence electrons. The fourth-order valence-corrected chi connectivity index (χ4v) is 3.83. The average molecular weight is 265 g/mol. The Balaban J connectivity index is 1.83. The van der Waals surface area contributed by atoms with Crippen LogP contribution in [0.15, 0.2) is 0 Å². The van der Waals surface area contributed by atoms with Crippen molar-refractivity contribution < 1.29 is 4.79 Å². The van der Waals surface area contributed by atoms with Crippen LogP contribution in [0.2, 0.25) is 0 Å². The van der Waals surface area contributed by atoms with Gasteiger partial charge < -0.3 is 4.90 Å². The molecule has 1 heterocycles. The van der Waals surface area contributed by atoms with Crippen LogP contribution in [0.4, 0.5) is 0 Å². The van der Waals surface area contributed by atoms with E-state index in [1.165, 1.54) is 64.2 Å². The van der Waals surface area contributed by atoms with Gasteiger partial charge in [-0.1, -0.05) is 46.0 Å². The summed E-state index contributed by atoms with van der Waals surface area (Å²) in [6, 6.07) is 0.547. The first-order valence-electron chi connectivity index (χ1n) is 8.49. The first kappa shape index (κ1) is 14.9. The lowest BCUT2D eigenvalue weighted by atomic mass is 9.84. The predicted octanol–water partition coefficient (Wildman–Crippen LogP) is 4.38. The van der Waals surface area contributed by atoms with E-state index in [0.717, 1.165) is 12.5 Å². The summed E-state index contributed by atoms with van der Waals surface area (Å²) in [5.74, 6) is 1.50. The summed E-state index contributed by atoms with van der Waals surface area (Å²) in [4.78, 5) is 14.5. The molecule has 1 amide bonds. The summed E-state index contributed by atoms with van der Waals surface area (Å²) in [7, 11) is 0. The number of carbonyl (C=O) groups excluding carboxylic acids is 1. The highest BCUT2D eigenvalue weighted by molar-refractivity contribution is 5.78. The van der Waals surface area contributed by atoms with Gasteiger partial charge in [-0.05, 0) is 38.0 Å². The molecule has 0 aromatic heterocycles. The maximum absolute atomic E-state index is 12.3. The maximum Gasteiger partial charge on any atom is 0.225 e. The Morgan fingerprint density at radius 3 is 2.37 bits per heavy atom. The highest BCUT2D eigenvalue weighted by Gasteiger charge is 2.28. The van der Waals surface area contributed by atoms with Crippen LogP contribution in [-0.2, 0) is 4.79 Å². The fraction of sp³-hybridized carbons (Fsp3) is 0.941. The summed E-state index contributed by atoms with van der Waals surface area (Å²) < 4.78 is 0. The van der Waals surface area contributed by atoms with Crippen molar-refractivity contribution in [3.05, 3.63) is 0 Å². The van der Waals surface area contributed by atoms with E-state index >= 15 is 0 Å². The second kappa shape index (κ2) is 7.31. The van der Waals surface area contributed by atoms with E-state index in [1.54, 1.807) is 0 Å². The van der Waals surface area contributed by atoms with Crippen molar-refractivity contribution in [1.29, 1.82) is 0 Å². The molecule has 2 fully saturated rings. The Labute approximate surface area is 118 Å². The molecule has 2 aliphatic rings. The van der Waals surface area contributed by atoms with Gasteiger partial charge in [-0.3, -0.25) is 4.79 Å². The molecule has 0 radical (unpaired) electrons. The van der Waals surface area contributed by atoms with E-state index in [1.807, 2.05) is 13.8 Å². The Morgan fingerprint density at radius 1 is 1.00 bits per heavy atom. The molecule has 1 saturated heterocycles. The predicted molar refractivity (Wildman–Crippen MR) is 80.0 cm³/mol. The molecule has 0 aromatic carbocycles. The van der Waals surface area contributed by atoms with Gasteiger partial charge in [-0.25, -0.2) is 0 Å². The van der Waals surface area contributed by atoms with Crippen LogP contribution in [0.1, 0.15) is 78.1 Å². The van der Waals surface area contributed by atoms with Crippen molar-refractivity contribution >= 4 is 5.91 Å². The first-order valence-corrected chi connectivity index (χ1v) is 8.49. The van der Waals surface area contributed by atoms with Crippen molar-refractivity contribution in [2.24, 2.45) is 11.8 Å². The van der Waals surface area contributed by atoms with Crippen LogP contribution in [-0.4, -0.2) is 23.4 Å². The summed E-state index contributed by atoms with van der Waals surface area (Å²) in [6.07, 6.45) is 13.6. The van der Waals surface area contributed by atoms with Crippen LogP contribution in [0.5, 0.6) is 0 Å². The molecular weight excluding hydrogens is 234 g/mol. The van der Waals surface area contributed by atoms with Crippen LogP contribution in [0, 0.1) is 11.8 Å². The molecule has 1 saturated carbocycles. The standard InChI is InChI=1S/C17H31NO/c1-14(2)17(19)18-13-7-6-10-16(18)12-11-15-8-4-3-5-9-15/h14-16H,3-13H2,1-2H3. The first-order chi connectivity index (χ1) is 9.18. The van der Waals surface area contributed by atoms with Gasteiger partial charge in [0.1, 0.15) is 0 Å². The van der Waals surface area contributed by atoms with Gasteiger partial charge in [-0.2, -0.15) is 0 Å². The second-order valence-electron chi connectivity index (χ2n) is 6.92. The topological polar surface area (TPSA) is 20.3 Å². The van der Waals surface area contributed by atoms with E-state index in [9.17, 15) is 4.79 Å². The van der Waals surface area contributed by atoms with E-state index in [2.05, 4.69) is 4.90 Å². The second-order valence-corrected chi connectivity index (χ2v) is 6.92. The van der Waals surface area contributed by atoms with E-state index in [-0.39, 0.29) is 5.92 Å².